The van der Waals surface area contributed by atoms with Crippen LogP contribution in [0.3, 0.4) is 0 Å². The Kier molecular flexibility index (Phi) is 3.50. The highest BCUT2D eigenvalue weighted by molar-refractivity contribution is 5.81. The molecule has 0 aliphatic carbocycles. The highest BCUT2D eigenvalue weighted by atomic mass is 16.2. The average Bonchev–Trinajstić information content (AvgIpc) is 2.64. The van der Waals surface area contributed by atoms with E-state index in [0.717, 1.165) is 25.8 Å². The van der Waals surface area contributed by atoms with Crippen LogP contribution in [0.2, 0.25) is 0 Å². The number of hydrogen-bond acceptors (Lipinski definition) is 3. The van der Waals surface area contributed by atoms with Gasteiger partial charge in [0.15, 0.2) is 0 Å². The summed E-state index contributed by atoms with van der Waals surface area (Å²) in [5.74, 6) is 0.286. The van der Waals surface area contributed by atoms with Crippen molar-refractivity contribution in [1.82, 2.24) is 15.1 Å². The van der Waals surface area contributed by atoms with Crippen LogP contribution in [-0.2, 0) is 4.79 Å². The fourth-order valence-corrected chi connectivity index (χ4v) is 2.88. The largest absolute Gasteiger partial charge is 0.323 e. The topological polar surface area (TPSA) is 35.6 Å². The Bertz CT molecular complexity index is 269. The predicted molar refractivity (Wildman–Crippen MR) is 64.0 cm³/mol. The second kappa shape index (κ2) is 4.72. The van der Waals surface area contributed by atoms with E-state index in [9.17, 15) is 4.79 Å². The van der Waals surface area contributed by atoms with Crippen LogP contribution in [-0.4, -0.2) is 54.1 Å². The molecule has 0 radical (unpaired) electrons. The monoisotopic (exact) mass is 225 g/mol. The van der Waals surface area contributed by atoms with E-state index >= 15 is 0 Å². The van der Waals surface area contributed by atoms with Crippen molar-refractivity contribution < 1.29 is 4.79 Å². The van der Waals surface area contributed by atoms with Gasteiger partial charge < -0.3 is 9.80 Å². The molecule has 2 heterocycles. The quantitative estimate of drug-likeness (QED) is 0.749. The van der Waals surface area contributed by atoms with Crippen molar-refractivity contribution in [3.8, 4) is 0 Å². The summed E-state index contributed by atoms with van der Waals surface area (Å²) in [6.45, 7) is 6.02. The third-order valence-electron chi connectivity index (χ3n) is 4.07. The summed E-state index contributed by atoms with van der Waals surface area (Å²) >= 11 is 0. The Morgan fingerprint density at radius 2 is 2.25 bits per heavy atom. The SMILES string of the molecule is CCC1NCC(=O)N1C1CCN(C)C(C)C1. The van der Waals surface area contributed by atoms with Crippen LogP contribution in [0.5, 0.6) is 0 Å². The third-order valence-corrected chi connectivity index (χ3v) is 4.07. The van der Waals surface area contributed by atoms with E-state index in [4.69, 9.17) is 0 Å². The molecule has 2 saturated heterocycles. The molecule has 0 bridgehead atoms. The summed E-state index contributed by atoms with van der Waals surface area (Å²) in [5.41, 5.74) is 0. The van der Waals surface area contributed by atoms with Gasteiger partial charge in [0.1, 0.15) is 0 Å². The molecule has 0 aromatic rings. The molecule has 2 aliphatic heterocycles. The van der Waals surface area contributed by atoms with Crippen molar-refractivity contribution in [1.29, 1.82) is 0 Å². The molecule has 2 fully saturated rings. The predicted octanol–water partition coefficient (Wildman–Crippen LogP) is 0.637. The molecule has 2 rings (SSSR count). The van der Waals surface area contributed by atoms with Crippen LogP contribution in [0.1, 0.15) is 33.1 Å². The molecule has 0 saturated carbocycles. The van der Waals surface area contributed by atoms with Crippen molar-refractivity contribution in [2.75, 3.05) is 20.1 Å². The number of carbonyl (C=O) groups is 1. The number of nitrogens with zero attached hydrogens (tertiary/aromatic N) is 2. The number of piperidine rings is 1. The zero-order valence-electron chi connectivity index (χ0n) is 10.6. The molecule has 1 N–H and O–H groups in total. The maximum atomic E-state index is 11.9. The van der Waals surface area contributed by atoms with Crippen molar-refractivity contribution in [3.63, 3.8) is 0 Å². The molecule has 0 aromatic heterocycles. The number of hydrogen-bond donors (Lipinski definition) is 1. The molecule has 0 aromatic carbocycles. The lowest BCUT2D eigenvalue weighted by Crippen LogP contribution is -2.51. The first kappa shape index (κ1) is 11.9. The lowest BCUT2D eigenvalue weighted by molar-refractivity contribution is -0.131. The van der Waals surface area contributed by atoms with Crippen LogP contribution >= 0.6 is 0 Å². The standard InChI is InChI=1S/C12H23N3O/c1-4-11-13-8-12(16)15(11)10-5-6-14(3)9(2)7-10/h9-11,13H,4-8H2,1-3H3. The Morgan fingerprint density at radius 3 is 2.88 bits per heavy atom. The van der Waals surface area contributed by atoms with Crippen molar-refractivity contribution in [2.24, 2.45) is 0 Å². The van der Waals surface area contributed by atoms with Gasteiger partial charge in [0.05, 0.1) is 12.7 Å². The molecule has 4 heteroatoms. The molecule has 3 unspecified atom stereocenters. The van der Waals surface area contributed by atoms with E-state index in [0.29, 0.717) is 18.6 Å². The summed E-state index contributed by atoms with van der Waals surface area (Å²) in [5, 5.41) is 3.29. The van der Waals surface area contributed by atoms with E-state index in [1.54, 1.807) is 0 Å². The minimum absolute atomic E-state index is 0.271. The second-order valence-electron chi connectivity index (χ2n) is 5.11. The van der Waals surface area contributed by atoms with Gasteiger partial charge in [-0.05, 0) is 33.2 Å². The normalized spacial score (nSPS) is 37.1. The number of amides is 1. The lowest BCUT2D eigenvalue weighted by atomic mass is 9.97. The van der Waals surface area contributed by atoms with Gasteiger partial charge >= 0.3 is 0 Å². The van der Waals surface area contributed by atoms with Crippen LogP contribution in [0.15, 0.2) is 0 Å². The number of carbonyl (C=O) groups excluding carboxylic acids is 1. The first-order valence-electron chi connectivity index (χ1n) is 6.38. The number of likely N-dealkylation sites (tertiary alicyclic amines) is 1. The van der Waals surface area contributed by atoms with E-state index in [-0.39, 0.29) is 12.1 Å². The Hall–Kier alpha value is -0.610. The molecule has 0 spiro atoms. The fourth-order valence-electron chi connectivity index (χ4n) is 2.88. The van der Waals surface area contributed by atoms with E-state index in [2.05, 4.69) is 36.0 Å². The van der Waals surface area contributed by atoms with Crippen LogP contribution < -0.4 is 5.32 Å². The molecule has 16 heavy (non-hydrogen) atoms. The minimum atomic E-state index is 0.271. The van der Waals surface area contributed by atoms with Gasteiger partial charge in [-0.2, -0.15) is 0 Å². The zero-order chi connectivity index (χ0) is 11.7. The Morgan fingerprint density at radius 1 is 1.50 bits per heavy atom. The molecule has 3 atom stereocenters. The van der Waals surface area contributed by atoms with Gasteiger partial charge in [-0.15, -0.1) is 0 Å². The molecular formula is C12H23N3O. The molecular weight excluding hydrogens is 202 g/mol. The minimum Gasteiger partial charge on any atom is -0.323 e. The average molecular weight is 225 g/mol. The van der Waals surface area contributed by atoms with E-state index in [1.807, 2.05) is 0 Å². The lowest BCUT2D eigenvalue weighted by Gasteiger charge is -2.41. The van der Waals surface area contributed by atoms with E-state index < -0.39 is 0 Å². The highest BCUT2D eigenvalue weighted by Crippen LogP contribution is 2.24. The van der Waals surface area contributed by atoms with E-state index in [1.165, 1.54) is 0 Å². The first-order valence-corrected chi connectivity index (χ1v) is 6.38. The fraction of sp³-hybridized carbons (Fsp3) is 0.917. The molecule has 1 amide bonds. The number of nitrogens with one attached hydrogen (secondary N) is 1. The van der Waals surface area contributed by atoms with Crippen LogP contribution in [0.25, 0.3) is 0 Å². The van der Waals surface area contributed by atoms with Gasteiger partial charge in [-0.1, -0.05) is 6.92 Å². The van der Waals surface area contributed by atoms with Crippen LogP contribution in [0, 0.1) is 0 Å². The molecule has 4 nitrogen and oxygen atoms in total. The summed E-state index contributed by atoms with van der Waals surface area (Å²) in [4.78, 5) is 16.4. The van der Waals surface area contributed by atoms with Gasteiger partial charge in [-0.3, -0.25) is 10.1 Å². The maximum absolute atomic E-state index is 11.9. The van der Waals surface area contributed by atoms with Gasteiger partial charge in [0.25, 0.3) is 0 Å². The smallest absolute Gasteiger partial charge is 0.238 e. The van der Waals surface area contributed by atoms with Gasteiger partial charge in [-0.25, -0.2) is 0 Å². The van der Waals surface area contributed by atoms with Gasteiger partial charge in [0.2, 0.25) is 5.91 Å². The summed E-state index contributed by atoms with van der Waals surface area (Å²) in [6.07, 6.45) is 3.51. The van der Waals surface area contributed by atoms with Crippen molar-refractivity contribution in [3.05, 3.63) is 0 Å². The van der Waals surface area contributed by atoms with Crippen LogP contribution in [0.4, 0.5) is 0 Å². The second-order valence-corrected chi connectivity index (χ2v) is 5.11. The maximum Gasteiger partial charge on any atom is 0.238 e. The third kappa shape index (κ3) is 2.09. The molecule has 92 valence electrons. The van der Waals surface area contributed by atoms with Crippen molar-refractivity contribution >= 4 is 5.91 Å². The Balaban J connectivity index is 2.03. The van der Waals surface area contributed by atoms with Crippen molar-refractivity contribution in [2.45, 2.75) is 51.4 Å². The van der Waals surface area contributed by atoms with Gasteiger partial charge in [0, 0.05) is 18.6 Å². The zero-order valence-corrected chi connectivity index (χ0v) is 10.6. The Labute approximate surface area is 98.0 Å². The number of rotatable bonds is 2. The summed E-state index contributed by atoms with van der Waals surface area (Å²) in [6, 6.07) is 1.03. The summed E-state index contributed by atoms with van der Waals surface area (Å²) < 4.78 is 0. The first-order chi connectivity index (χ1) is 7.63. The summed E-state index contributed by atoms with van der Waals surface area (Å²) in [7, 11) is 2.17. The molecule has 2 aliphatic rings. The highest BCUT2D eigenvalue weighted by Gasteiger charge is 2.37.